The normalized spacial score (nSPS) is 15.8. The molecule has 0 spiro atoms. The maximum absolute atomic E-state index is 12.2. The number of anilines is 2. The first-order valence-corrected chi connectivity index (χ1v) is 9.23. The minimum absolute atomic E-state index is 0.0181. The summed E-state index contributed by atoms with van der Waals surface area (Å²) in [5.74, 6) is 1.24. The van der Waals surface area contributed by atoms with E-state index in [0.29, 0.717) is 25.0 Å². The maximum atomic E-state index is 12.2. The zero-order chi connectivity index (χ0) is 17.4. The van der Waals surface area contributed by atoms with E-state index in [1.54, 1.807) is 6.07 Å². The third-order valence-corrected chi connectivity index (χ3v) is 5.31. The summed E-state index contributed by atoms with van der Waals surface area (Å²) in [6.45, 7) is 3.16. The second-order valence-corrected chi connectivity index (χ2v) is 7.23. The molecule has 7 heteroatoms. The average molecular weight is 356 g/mol. The highest BCUT2D eigenvalue weighted by atomic mass is 32.1. The molecular formula is C18H20N4O2S. The maximum Gasteiger partial charge on any atom is 0.261 e. The third kappa shape index (κ3) is 3.32. The minimum atomic E-state index is 0.0181. The number of aromatic nitrogens is 1. The van der Waals surface area contributed by atoms with E-state index in [0.717, 1.165) is 39.7 Å². The van der Waals surface area contributed by atoms with Gasteiger partial charge < -0.3 is 20.7 Å². The van der Waals surface area contributed by atoms with Crippen LogP contribution in [0.5, 0.6) is 5.75 Å². The summed E-state index contributed by atoms with van der Waals surface area (Å²) >= 11 is 1.49. The van der Waals surface area contributed by atoms with E-state index < -0.39 is 0 Å². The van der Waals surface area contributed by atoms with Crippen LogP contribution in [0.15, 0.2) is 24.4 Å². The Labute approximate surface area is 150 Å². The molecule has 3 heterocycles. The molecule has 2 aromatic rings. The zero-order valence-electron chi connectivity index (χ0n) is 14.0. The first-order valence-electron chi connectivity index (χ1n) is 8.41. The number of hydrogen-bond donors (Lipinski definition) is 2. The van der Waals surface area contributed by atoms with Crippen LogP contribution in [0, 0.1) is 0 Å². The van der Waals surface area contributed by atoms with Gasteiger partial charge in [0.15, 0.2) is 0 Å². The van der Waals surface area contributed by atoms with Crippen molar-refractivity contribution in [3.8, 4) is 5.75 Å². The minimum Gasteiger partial charge on any atom is -0.493 e. The van der Waals surface area contributed by atoms with Crippen molar-refractivity contribution in [2.75, 3.05) is 17.2 Å². The van der Waals surface area contributed by atoms with E-state index in [1.165, 1.54) is 11.3 Å². The number of pyridine rings is 1. The van der Waals surface area contributed by atoms with Gasteiger partial charge in [0.1, 0.15) is 11.6 Å². The first-order chi connectivity index (χ1) is 12.1. The van der Waals surface area contributed by atoms with Gasteiger partial charge in [0.25, 0.3) is 5.91 Å². The van der Waals surface area contributed by atoms with Crippen molar-refractivity contribution in [3.63, 3.8) is 0 Å². The molecule has 1 aliphatic carbocycles. The summed E-state index contributed by atoms with van der Waals surface area (Å²) in [5, 5.41) is 4.04. The molecule has 6 nitrogen and oxygen atoms in total. The molecule has 25 heavy (non-hydrogen) atoms. The number of nitrogens with zero attached hydrogens (tertiary/aromatic N) is 2. The van der Waals surface area contributed by atoms with E-state index >= 15 is 0 Å². The van der Waals surface area contributed by atoms with Gasteiger partial charge in [-0.25, -0.2) is 4.98 Å². The molecule has 0 saturated heterocycles. The topological polar surface area (TPSA) is 80.5 Å². The highest BCUT2D eigenvalue weighted by Gasteiger charge is 2.25. The van der Waals surface area contributed by atoms with Gasteiger partial charge in [-0.05, 0) is 38.0 Å². The SMILES string of the molecule is CCOc1cc(N)nc2c1CN(c1ccc(C(=O)NC3CC3)s1)C=C2. The lowest BCUT2D eigenvalue weighted by molar-refractivity contribution is 0.0955. The number of carbonyl (C=O) groups is 1. The van der Waals surface area contributed by atoms with E-state index in [9.17, 15) is 4.79 Å². The lowest BCUT2D eigenvalue weighted by atomic mass is 10.1. The van der Waals surface area contributed by atoms with Crippen molar-refractivity contribution in [1.82, 2.24) is 10.3 Å². The van der Waals surface area contributed by atoms with E-state index in [1.807, 2.05) is 31.3 Å². The molecule has 130 valence electrons. The van der Waals surface area contributed by atoms with Gasteiger partial charge in [-0.2, -0.15) is 0 Å². The largest absolute Gasteiger partial charge is 0.493 e. The lowest BCUT2D eigenvalue weighted by Gasteiger charge is -2.25. The monoisotopic (exact) mass is 356 g/mol. The Morgan fingerprint density at radius 1 is 1.48 bits per heavy atom. The van der Waals surface area contributed by atoms with E-state index in [-0.39, 0.29) is 5.91 Å². The van der Waals surface area contributed by atoms with Gasteiger partial charge in [-0.3, -0.25) is 4.79 Å². The molecule has 2 aliphatic rings. The Kier molecular flexibility index (Phi) is 4.09. The number of nitrogens with two attached hydrogens (primary N) is 1. The van der Waals surface area contributed by atoms with Gasteiger partial charge in [-0.1, -0.05) is 0 Å². The van der Waals surface area contributed by atoms with Crippen LogP contribution < -0.4 is 20.7 Å². The van der Waals surface area contributed by atoms with Crippen LogP contribution in [0.4, 0.5) is 10.8 Å². The van der Waals surface area contributed by atoms with Gasteiger partial charge >= 0.3 is 0 Å². The van der Waals surface area contributed by atoms with Crippen molar-refractivity contribution in [3.05, 3.63) is 40.5 Å². The van der Waals surface area contributed by atoms with Crippen molar-refractivity contribution in [1.29, 1.82) is 0 Å². The van der Waals surface area contributed by atoms with Crippen LogP contribution in [0.3, 0.4) is 0 Å². The van der Waals surface area contributed by atoms with Crippen LogP contribution in [-0.4, -0.2) is 23.5 Å². The number of hydrogen-bond acceptors (Lipinski definition) is 6. The van der Waals surface area contributed by atoms with Gasteiger partial charge in [-0.15, -0.1) is 11.3 Å². The summed E-state index contributed by atoms with van der Waals surface area (Å²) < 4.78 is 5.72. The van der Waals surface area contributed by atoms with Crippen LogP contribution in [-0.2, 0) is 6.54 Å². The number of amides is 1. The fourth-order valence-corrected chi connectivity index (χ4v) is 3.68. The molecule has 2 aromatic heterocycles. The Balaban J connectivity index is 1.56. The molecule has 0 unspecified atom stereocenters. The van der Waals surface area contributed by atoms with E-state index in [4.69, 9.17) is 10.5 Å². The quantitative estimate of drug-likeness (QED) is 0.861. The van der Waals surface area contributed by atoms with E-state index in [2.05, 4.69) is 15.2 Å². The van der Waals surface area contributed by atoms with Crippen LogP contribution >= 0.6 is 11.3 Å². The van der Waals surface area contributed by atoms with Crippen molar-refractivity contribution in [2.45, 2.75) is 32.4 Å². The van der Waals surface area contributed by atoms with Crippen molar-refractivity contribution >= 4 is 34.1 Å². The molecule has 0 atom stereocenters. The molecule has 1 fully saturated rings. The van der Waals surface area contributed by atoms with Gasteiger partial charge in [0.05, 0.1) is 28.7 Å². The van der Waals surface area contributed by atoms with Crippen LogP contribution in [0.1, 0.15) is 40.7 Å². The Bertz CT molecular complexity index is 842. The predicted molar refractivity (Wildman–Crippen MR) is 99.8 cm³/mol. The highest BCUT2D eigenvalue weighted by Crippen LogP contribution is 2.35. The number of rotatable bonds is 5. The Hall–Kier alpha value is -2.54. The summed E-state index contributed by atoms with van der Waals surface area (Å²) in [6.07, 6.45) is 6.08. The number of ether oxygens (including phenoxy) is 1. The summed E-state index contributed by atoms with van der Waals surface area (Å²) in [5.41, 5.74) is 7.71. The summed E-state index contributed by atoms with van der Waals surface area (Å²) in [6, 6.07) is 5.99. The zero-order valence-corrected chi connectivity index (χ0v) is 14.8. The van der Waals surface area contributed by atoms with Gasteiger partial charge in [0.2, 0.25) is 0 Å². The average Bonchev–Trinajstić information content (AvgIpc) is 3.26. The molecule has 0 radical (unpaired) electrons. The van der Waals surface area contributed by atoms with Crippen molar-refractivity contribution < 1.29 is 9.53 Å². The fourth-order valence-electron chi connectivity index (χ4n) is 2.79. The number of fused-ring (bicyclic) bond motifs is 1. The predicted octanol–water partition coefficient (Wildman–Crippen LogP) is 3.01. The molecule has 1 amide bonds. The van der Waals surface area contributed by atoms with Gasteiger partial charge in [0, 0.05) is 23.9 Å². The Morgan fingerprint density at radius 3 is 3.08 bits per heavy atom. The number of nitrogens with one attached hydrogen (secondary N) is 1. The number of carbonyl (C=O) groups excluding carboxylic acids is 1. The molecule has 1 aliphatic heterocycles. The number of thiophene rings is 1. The smallest absolute Gasteiger partial charge is 0.261 e. The molecule has 4 rings (SSSR count). The molecule has 0 bridgehead atoms. The first kappa shape index (κ1) is 16.0. The fraction of sp³-hybridized carbons (Fsp3) is 0.333. The molecule has 1 saturated carbocycles. The molecule has 3 N–H and O–H groups in total. The third-order valence-electron chi connectivity index (χ3n) is 4.19. The second-order valence-electron chi connectivity index (χ2n) is 6.17. The molecular weight excluding hydrogens is 336 g/mol. The Morgan fingerprint density at radius 2 is 2.32 bits per heavy atom. The standard InChI is InChI=1S/C18H20N4O2S/c1-2-24-14-9-16(19)21-13-7-8-22(10-12(13)14)17-6-5-15(25-17)18(23)20-11-3-4-11/h5-9,11H,2-4,10H2,1H3,(H2,19,21)(H,20,23). The summed E-state index contributed by atoms with van der Waals surface area (Å²) in [4.78, 5) is 19.4. The second kappa shape index (κ2) is 6.40. The number of nitrogen functional groups attached to an aromatic ring is 1. The lowest BCUT2D eigenvalue weighted by Crippen LogP contribution is -2.24. The van der Waals surface area contributed by atoms with Crippen LogP contribution in [0.2, 0.25) is 0 Å². The highest BCUT2D eigenvalue weighted by molar-refractivity contribution is 7.18. The summed E-state index contributed by atoms with van der Waals surface area (Å²) in [7, 11) is 0. The van der Waals surface area contributed by atoms with Crippen molar-refractivity contribution in [2.24, 2.45) is 0 Å². The molecule has 0 aromatic carbocycles. The van der Waals surface area contributed by atoms with Crippen LogP contribution in [0.25, 0.3) is 6.08 Å².